The third-order valence-corrected chi connectivity index (χ3v) is 4.39. The van der Waals surface area contributed by atoms with Gasteiger partial charge in [0.15, 0.2) is 0 Å². The van der Waals surface area contributed by atoms with E-state index in [1.165, 1.54) is 4.31 Å². The third-order valence-electron chi connectivity index (χ3n) is 3.26. The van der Waals surface area contributed by atoms with Gasteiger partial charge in [0.2, 0.25) is 15.9 Å². The van der Waals surface area contributed by atoms with Crippen LogP contribution in [0.25, 0.3) is 0 Å². The topological polar surface area (TPSA) is 66.5 Å². The molecule has 1 saturated carbocycles. The van der Waals surface area contributed by atoms with Gasteiger partial charge in [-0.15, -0.1) is 0 Å². The van der Waals surface area contributed by atoms with Crippen molar-refractivity contribution in [1.29, 1.82) is 0 Å². The second kappa shape index (κ2) is 5.44. The van der Waals surface area contributed by atoms with Crippen LogP contribution in [-0.4, -0.2) is 33.2 Å². The minimum Gasteiger partial charge on any atom is -0.352 e. The molecule has 20 heavy (non-hydrogen) atoms. The van der Waals surface area contributed by atoms with Gasteiger partial charge in [-0.2, -0.15) is 0 Å². The second-order valence-electron chi connectivity index (χ2n) is 5.40. The Hall–Kier alpha value is -1.56. The molecule has 0 spiro atoms. The summed E-state index contributed by atoms with van der Waals surface area (Å²) in [4.78, 5) is 11.9. The van der Waals surface area contributed by atoms with E-state index in [9.17, 15) is 13.2 Å². The fraction of sp³-hybridized carbons (Fsp3) is 0.500. The molecule has 0 radical (unpaired) electrons. The number of benzene rings is 1. The summed E-state index contributed by atoms with van der Waals surface area (Å²) in [6.07, 6.45) is 3.08. The van der Waals surface area contributed by atoms with Crippen LogP contribution < -0.4 is 9.62 Å². The van der Waals surface area contributed by atoms with Crippen molar-refractivity contribution in [2.75, 3.05) is 17.1 Å². The Bertz CT molecular complexity index is 621. The molecule has 110 valence electrons. The molecule has 0 unspecified atom stereocenters. The van der Waals surface area contributed by atoms with Gasteiger partial charge >= 0.3 is 0 Å². The summed E-state index contributed by atoms with van der Waals surface area (Å²) in [6.45, 7) is 3.57. The number of rotatable bonds is 5. The first-order valence-corrected chi connectivity index (χ1v) is 8.46. The van der Waals surface area contributed by atoms with E-state index in [4.69, 9.17) is 0 Å². The molecule has 1 aliphatic carbocycles. The van der Waals surface area contributed by atoms with E-state index in [2.05, 4.69) is 5.32 Å². The summed E-state index contributed by atoms with van der Waals surface area (Å²) >= 11 is 0. The van der Waals surface area contributed by atoms with E-state index in [1.807, 2.05) is 26.0 Å². The molecule has 1 aromatic carbocycles. The summed E-state index contributed by atoms with van der Waals surface area (Å²) in [5, 5.41) is 2.82. The highest BCUT2D eigenvalue weighted by atomic mass is 32.2. The molecule has 1 N–H and O–H groups in total. The minimum absolute atomic E-state index is 0.167. The monoisotopic (exact) mass is 296 g/mol. The quantitative estimate of drug-likeness (QED) is 0.892. The molecule has 2 rings (SSSR count). The van der Waals surface area contributed by atoms with Crippen LogP contribution >= 0.6 is 0 Å². The zero-order valence-electron chi connectivity index (χ0n) is 12.0. The van der Waals surface area contributed by atoms with E-state index in [-0.39, 0.29) is 18.5 Å². The van der Waals surface area contributed by atoms with E-state index < -0.39 is 10.0 Å². The number of nitrogens with one attached hydrogen (secondary N) is 1. The standard InChI is InChI=1S/C14H20N2O3S/c1-10-4-5-11(2)13(8-10)16(20(3,18)19)9-14(17)15-12-6-7-12/h4-5,8,12H,6-7,9H2,1-3H3,(H,15,17). The minimum atomic E-state index is -3.50. The van der Waals surface area contributed by atoms with Gasteiger partial charge < -0.3 is 5.32 Å². The maximum Gasteiger partial charge on any atom is 0.240 e. The zero-order valence-corrected chi connectivity index (χ0v) is 12.8. The van der Waals surface area contributed by atoms with Crippen molar-refractivity contribution in [3.05, 3.63) is 29.3 Å². The first-order valence-electron chi connectivity index (χ1n) is 6.61. The van der Waals surface area contributed by atoms with Gasteiger partial charge in [0.25, 0.3) is 0 Å². The van der Waals surface area contributed by atoms with Crippen LogP contribution in [-0.2, 0) is 14.8 Å². The lowest BCUT2D eigenvalue weighted by molar-refractivity contribution is -0.119. The number of carbonyl (C=O) groups excluding carboxylic acids is 1. The summed E-state index contributed by atoms with van der Waals surface area (Å²) < 4.78 is 25.1. The van der Waals surface area contributed by atoms with E-state index in [0.717, 1.165) is 30.2 Å². The fourth-order valence-electron chi connectivity index (χ4n) is 2.00. The molecule has 0 aromatic heterocycles. The van der Waals surface area contributed by atoms with Crippen molar-refractivity contribution in [3.63, 3.8) is 0 Å². The Kier molecular flexibility index (Phi) is 4.04. The highest BCUT2D eigenvalue weighted by Gasteiger charge is 2.27. The van der Waals surface area contributed by atoms with Crippen molar-refractivity contribution in [2.24, 2.45) is 0 Å². The molecular formula is C14H20N2O3S. The lowest BCUT2D eigenvalue weighted by Gasteiger charge is -2.24. The number of aryl methyl sites for hydroxylation is 2. The van der Waals surface area contributed by atoms with Crippen molar-refractivity contribution in [2.45, 2.75) is 32.7 Å². The number of hydrogen-bond acceptors (Lipinski definition) is 3. The maximum atomic E-state index is 12.0. The van der Waals surface area contributed by atoms with Crippen LogP contribution in [0, 0.1) is 13.8 Å². The molecule has 1 amide bonds. The van der Waals surface area contributed by atoms with Crippen LogP contribution in [0.15, 0.2) is 18.2 Å². The van der Waals surface area contributed by atoms with Gasteiger partial charge in [-0.1, -0.05) is 12.1 Å². The Morgan fingerprint density at radius 2 is 2.00 bits per heavy atom. The summed E-state index contributed by atoms with van der Waals surface area (Å²) in [7, 11) is -3.50. The number of nitrogens with zero attached hydrogens (tertiary/aromatic N) is 1. The second-order valence-corrected chi connectivity index (χ2v) is 7.31. The van der Waals surface area contributed by atoms with Gasteiger partial charge in [0.05, 0.1) is 11.9 Å². The fourth-order valence-corrected chi connectivity index (χ4v) is 2.91. The van der Waals surface area contributed by atoms with E-state index in [0.29, 0.717) is 5.69 Å². The number of anilines is 1. The molecule has 0 atom stereocenters. The average Bonchev–Trinajstić information content (AvgIpc) is 3.12. The average molecular weight is 296 g/mol. The lowest BCUT2D eigenvalue weighted by atomic mass is 10.1. The largest absolute Gasteiger partial charge is 0.352 e. The van der Waals surface area contributed by atoms with E-state index in [1.54, 1.807) is 6.07 Å². The van der Waals surface area contributed by atoms with Crippen LogP contribution in [0.1, 0.15) is 24.0 Å². The molecule has 0 bridgehead atoms. The maximum absolute atomic E-state index is 12.0. The van der Waals surface area contributed by atoms with Crippen LogP contribution in [0.5, 0.6) is 0 Å². The molecule has 0 aliphatic heterocycles. The molecule has 1 fully saturated rings. The summed E-state index contributed by atoms with van der Waals surface area (Å²) in [6, 6.07) is 5.80. The number of sulfonamides is 1. The first kappa shape index (κ1) is 14.8. The molecular weight excluding hydrogens is 276 g/mol. The van der Waals surface area contributed by atoms with Crippen LogP contribution in [0.2, 0.25) is 0 Å². The highest BCUT2D eigenvalue weighted by Crippen LogP contribution is 2.24. The Labute approximate surface area is 120 Å². The zero-order chi connectivity index (χ0) is 14.9. The lowest BCUT2D eigenvalue weighted by Crippen LogP contribution is -2.41. The van der Waals surface area contributed by atoms with Crippen LogP contribution in [0.3, 0.4) is 0 Å². The number of hydrogen-bond donors (Lipinski definition) is 1. The van der Waals surface area contributed by atoms with Gasteiger partial charge in [-0.05, 0) is 43.9 Å². The molecule has 0 heterocycles. The highest BCUT2D eigenvalue weighted by molar-refractivity contribution is 7.92. The molecule has 5 nitrogen and oxygen atoms in total. The van der Waals surface area contributed by atoms with Gasteiger partial charge in [-0.25, -0.2) is 8.42 Å². The Balaban J connectivity index is 2.27. The summed E-state index contributed by atoms with van der Waals surface area (Å²) in [5.74, 6) is -0.251. The van der Waals surface area contributed by atoms with E-state index >= 15 is 0 Å². The number of amides is 1. The van der Waals surface area contributed by atoms with Gasteiger partial charge in [0.1, 0.15) is 6.54 Å². The van der Waals surface area contributed by atoms with Crippen molar-refractivity contribution in [3.8, 4) is 0 Å². The first-order chi connectivity index (χ1) is 9.27. The predicted molar refractivity (Wildman–Crippen MR) is 79.3 cm³/mol. The van der Waals surface area contributed by atoms with Gasteiger partial charge in [-0.3, -0.25) is 9.10 Å². The SMILES string of the molecule is Cc1ccc(C)c(N(CC(=O)NC2CC2)S(C)(=O)=O)c1. The van der Waals surface area contributed by atoms with Gasteiger partial charge in [0, 0.05) is 6.04 Å². The molecule has 1 aromatic rings. The van der Waals surface area contributed by atoms with Crippen LogP contribution in [0.4, 0.5) is 5.69 Å². The van der Waals surface area contributed by atoms with Crippen molar-refractivity contribution >= 4 is 21.6 Å². The number of carbonyl (C=O) groups is 1. The molecule has 6 heteroatoms. The van der Waals surface area contributed by atoms with Crippen molar-refractivity contribution < 1.29 is 13.2 Å². The molecule has 1 aliphatic rings. The smallest absolute Gasteiger partial charge is 0.240 e. The summed E-state index contributed by atoms with van der Waals surface area (Å²) in [5.41, 5.74) is 2.36. The van der Waals surface area contributed by atoms with Crippen molar-refractivity contribution in [1.82, 2.24) is 5.32 Å². The Morgan fingerprint density at radius 1 is 1.35 bits per heavy atom. The normalized spacial score (nSPS) is 14.9. The Morgan fingerprint density at radius 3 is 2.55 bits per heavy atom. The third kappa shape index (κ3) is 3.72. The predicted octanol–water partition coefficient (Wildman–Crippen LogP) is 1.35. The molecule has 0 saturated heterocycles.